The van der Waals surface area contributed by atoms with Crippen LogP contribution in [-0.4, -0.2) is 7.05 Å². The summed E-state index contributed by atoms with van der Waals surface area (Å²) in [5.74, 6) is 0. The van der Waals surface area contributed by atoms with E-state index < -0.39 is 0 Å². The lowest BCUT2D eigenvalue weighted by molar-refractivity contribution is 0.640. The second-order valence-electron chi connectivity index (χ2n) is 6.99. The molecule has 3 heteroatoms. The lowest BCUT2D eigenvalue weighted by Gasteiger charge is -2.24. The SMILES string of the molecule is C=CC1=C(Cl)/C(=C\C=C2/N(C)c3ccc(Cl)cc3C2(C)C)CCC1. The van der Waals surface area contributed by atoms with E-state index in [1.54, 1.807) is 0 Å². The fourth-order valence-electron chi connectivity index (χ4n) is 3.73. The Morgan fingerprint density at radius 1 is 1.17 bits per heavy atom. The van der Waals surface area contributed by atoms with Crippen molar-refractivity contribution < 1.29 is 0 Å². The van der Waals surface area contributed by atoms with Crippen molar-refractivity contribution in [3.05, 3.63) is 75.5 Å². The minimum absolute atomic E-state index is 0.0852. The van der Waals surface area contributed by atoms with Crippen LogP contribution in [0.3, 0.4) is 0 Å². The van der Waals surface area contributed by atoms with E-state index in [-0.39, 0.29) is 5.41 Å². The number of rotatable bonds is 2. The van der Waals surface area contributed by atoms with Gasteiger partial charge in [-0.1, -0.05) is 55.8 Å². The van der Waals surface area contributed by atoms with Gasteiger partial charge in [0.05, 0.1) is 0 Å². The topological polar surface area (TPSA) is 3.24 Å². The molecule has 0 amide bonds. The van der Waals surface area contributed by atoms with Crippen molar-refractivity contribution in [1.82, 2.24) is 0 Å². The fraction of sp³-hybridized carbons (Fsp3) is 0.333. The van der Waals surface area contributed by atoms with E-state index >= 15 is 0 Å². The first kappa shape index (κ1) is 17.4. The highest BCUT2D eigenvalue weighted by Crippen LogP contribution is 2.47. The Hall–Kier alpha value is -1.44. The normalized spacial score (nSPS) is 23.1. The van der Waals surface area contributed by atoms with Crippen LogP contribution in [0.2, 0.25) is 5.02 Å². The Morgan fingerprint density at radius 3 is 2.62 bits per heavy atom. The lowest BCUT2D eigenvalue weighted by Crippen LogP contribution is -2.22. The summed E-state index contributed by atoms with van der Waals surface area (Å²) in [7, 11) is 2.11. The third-order valence-electron chi connectivity index (χ3n) is 5.14. The molecule has 1 aliphatic heterocycles. The summed E-state index contributed by atoms with van der Waals surface area (Å²) in [6, 6.07) is 6.12. The Balaban J connectivity index is 2.03. The average molecular weight is 360 g/mol. The van der Waals surface area contributed by atoms with Crippen LogP contribution in [0, 0.1) is 0 Å². The first-order chi connectivity index (χ1) is 11.4. The van der Waals surface area contributed by atoms with Gasteiger partial charge in [-0.05, 0) is 60.2 Å². The Kier molecular flexibility index (Phi) is 4.68. The first-order valence-corrected chi connectivity index (χ1v) is 9.08. The highest BCUT2D eigenvalue weighted by Gasteiger charge is 2.38. The van der Waals surface area contributed by atoms with Crippen LogP contribution in [0.5, 0.6) is 0 Å². The van der Waals surface area contributed by atoms with Gasteiger partial charge in [-0.3, -0.25) is 0 Å². The molecule has 2 aliphatic rings. The van der Waals surface area contributed by atoms with Gasteiger partial charge in [0.1, 0.15) is 0 Å². The van der Waals surface area contributed by atoms with Crippen molar-refractivity contribution >= 4 is 28.9 Å². The van der Waals surface area contributed by atoms with Crippen molar-refractivity contribution in [1.29, 1.82) is 0 Å². The van der Waals surface area contributed by atoms with Crippen LogP contribution in [0.4, 0.5) is 5.69 Å². The molecule has 0 saturated carbocycles. The van der Waals surface area contributed by atoms with Gasteiger partial charge in [0.2, 0.25) is 0 Å². The van der Waals surface area contributed by atoms with Crippen LogP contribution in [0.1, 0.15) is 38.7 Å². The molecular formula is C21H23Cl2N. The Labute approximate surface area is 155 Å². The summed E-state index contributed by atoms with van der Waals surface area (Å²) in [5.41, 5.74) is 6.00. The number of allylic oxidation sites excluding steroid dienone is 7. The summed E-state index contributed by atoms with van der Waals surface area (Å²) < 4.78 is 0. The molecular weight excluding hydrogens is 337 g/mol. The van der Waals surface area contributed by atoms with Crippen molar-refractivity contribution in [3.63, 3.8) is 0 Å². The predicted molar refractivity (Wildman–Crippen MR) is 106 cm³/mol. The summed E-state index contributed by atoms with van der Waals surface area (Å²) >= 11 is 12.7. The van der Waals surface area contributed by atoms with E-state index in [9.17, 15) is 0 Å². The van der Waals surface area contributed by atoms with E-state index in [0.717, 1.165) is 34.9 Å². The second kappa shape index (κ2) is 6.46. The molecule has 1 aromatic rings. The third-order valence-corrected chi connectivity index (χ3v) is 5.86. The van der Waals surface area contributed by atoms with Gasteiger partial charge in [0, 0.05) is 33.9 Å². The minimum Gasteiger partial charge on any atom is -0.347 e. The van der Waals surface area contributed by atoms with Gasteiger partial charge >= 0.3 is 0 Å². The van der Waals surface area contributed by atoms with Gasteiger partial charge in [-0.25, -0.2) is 0 Å². The number of benzene rings is 1. The Bertz CT molecular complexity index is 781. The van der Waals surface area contributed by atoms with Crippen molar-refractivity contribution in [3.8, 4) is 0 Å². The van der Waals surface area contributed by atoms with Gasteiger partial charge < -0.3 is 4.90 Å². The number of hydrogen-bond acceptors (Lipinski definition) is 1. The number of nitrogens with zero attached hydrogens (tertiary/aromatic N) is 1. The van der Waals surface area contributed by atoms with E-state index in [1.165, 1.54) is 22.5 Å². The quantitative estimate of drug-likeness (QED) is 0.564. The third kappa shape index (κ3) is 2.85. The Morgan fingerprint density at radius 2 is 1.92 bits per heavy atom. The molecule has 1 nitrogen and oxygen atoms in total. The zero-order valence-corrected chi connectivity index (χ0v) is 16.0. The highest BCUT2D eigenvalue weighted by atomic mass is 35.5. The highest BCUT2D eigenvalue weighted by molar-refractivity contribution is 6.32. The summed E-state index contributed by atoms with van der Waals surface area (Å²) in [4.78, 5) is 2.25. The van der Waals surface area contributed by atoms with E-state index in [2.05, 4.69) is 56.7 Å². The fourth-order valence-corrected chi connectivity index (χ4v) is 4.23. The number of anilines is 1. The maximum absolute atomic E-state index is 6.53. The zero-order valence-electron chi connectivity index (χ0n) is 14.5. The molecule has 0 atom stereocenters. The van der Waals surface area contributed by atoms with E-state index in [4.69, 9.17) is 23.2 Å². The standard InChI is InChI=1S/C21H23Cl2N/c1-5-14-7-6-8-15(20(14)23)9-12-19-21(2,3)17-13-16(22)10-11-18(17)24(19)4/h5,9-13H,1,6-8H2,2-4H3/b15-9-,19-12-. The van der Waals surface area contributed by atoms with E-state index in [0.29, 0.717) is 0 Å². The van der Waals surface area contributed by atoms with Crippen LogP contribution < -0.4 is 4.90 Å². The molecule has 0 aromatic heterocycles. The van der Waals surface area contributed by atoms with Gasteiger partial charge in [0.25, 0.3) is 0 Å². The van der Waals surface area contributed by atoms with Gasteiger partial charge in [0.15, 0.2) is 0 Å². The molecule has 0 bridgehead atoms. The van der Waals surface area contributed by atoms with Gasteiger partial charge in [-0.2, -0.15) is 0 Å². The number of fused-ring (bicyclic) bond motifs is 1. The molecule has 24 heavy (non-hydrogen) atoms. The summed E-state index contributed by atoms with van der Waals surface area (Å²) in [5, 5.41) is 1.65. The van der Waals surface area contributed by atoms with Crippen LogP contribution >= 0.6 is 23.2 Å². The number of likely N-dealkylation sites (N-methyl/N-ethyl adjacent to an activating group) is 1. The lowest BCUT2D eigenvalue weighted by atomic mass is 9.83. The molecule has 1 aromatic carbocycles. The maximum Gasteiger partial charge on any atom is 0.0469 e. The molecule has 0 N–H and O–H groups in total. The first-order valence-electron chi connectivity index (χ1n) is 8.33. The molecule has 0 radical (unpaired) electrons. The molecule has 0 saturated heterocycles. The smallest absolute Gasteiger partial charge is 0.0469 e. The number of halogens is 2. The second-order valence-corrected chi connectivity index (χ2v) is 7.80. The van der Waals surface area contributed by atoms with Crippen molar-refractivity contribution in [2.24, 2.45) is 0 Å². The zero-order chi connectivity index (χ0) is 17.5. The molecule has 3 rings (SSSR count). The van der Waals surface area contributed by atoms with Crippen LogP contribution in [0.15, 0.2) is 64.9 Å². The minimum atomic E-state index is -0.0852. The monoisotopic (exact) mass is 359 g/mol. The van der Waals surface area contributed by atoms with Gasteiger partial charge in [-0.15, -0.1) is 0 Å². The van der Waals surface area contributed by atoms with E-state index in [1.807, 2.05) is 12.1 Å². The van der Waals surface area contributed by atoms with Crippen molar-refractivity contribution in [2.75, 3.05) is 11.9 Å². The molecule has 126 valence electrons. The van der Waals surface area contributed by atoms with Crippen molar-refractivity contribution in [2.45, 2.75) is 38.5 Å². The molecule has 0 fully saturated rings. The summed E-state index contributed by atoms with van der Waals surface area (Å²) in [6.07, 6.45) is 9.42. The predicted octanol–water partition coefficient (Wildman–Crippen LogP) is 6.74. The van der Waals surface area contributed by atoms with Crippen LogP contribution in [-0.2, 0) is 5.41 Å². The molecule has 0 unspecified atom stereocenters. The molecule has 1 heterocycles. The maximum atomic E-state index is 6.53. The molecule has 1 aliphatic carbocycles. The number of hydrogen-bond donors (Lipinski definition) is 0. The van der Waals surface area contributed by atoms with Crippen LogP contribution in [0.25, 0.3) is 0 Å². The summed E-state index contributed by atoms with van der Waals surface area (Å²) in [6.45, 7) is 8.35. The largest absolute Gasteiger partial charge is 0.347 e. The average Bonchev–Trinajstić information content (AvgIpc) is 2.73. The molecule has 0 spiro atoms.